The van der Waals surface area contributed by atoms with Gasteiger partial charge in [-0.25, -0.2) is 8.78 Å². The molecule has 1 aliphatic heterocycles. The van der Waals surface area contributed by atoms with Gasteiger partial charge in [0.2, 0.25) is 0 Å². The van der Waals surface area contributed by atoms with Crippen LogP contribution >= 0.6 is 0 Å². The summed E-state index contributed by atoms with van der Waals surface area (Å²) < 4.78 is 27.0. The number of likely N-dealkylation sites (tertiary alicyclic amines) is 1. The second kappa shape index (κ2) is 6.31. The first-order valence-electron chi connectivity index (χ1n) is 6.98. The number of piperidine rings is 1. The van der Waals surface area contributed by atoms with Crippen LogP contribution in [-0.2, 0) is 0 Å². The maximum absolute atomic E-state index is 13.7. The smallest absolute Gasteiger partial charge is 0.256 e. The van der Waals surface area contributed by atoms with Crippen molar-refractivity contribution in [1.82, 2.24) is 4.90 Å². The minimum atomic E-state index is -0.790. The Morgan fingerprint density at radius 2 is 1.95 bits per heavy atom. The lowest BCUT2D eigenvalue weighted by Crippen LogP contribution is -2.39. The van der Waals surface area contributed by atoms with Crippen molar-refractivity contribution in [3.05, 3.63) is 34.9 Å². The fraction of sp³-hybridized carbons (Fsp3) is 0.533. The van der Waals surface area contributed by atoms with Crippen LogP contribution in [0.15, 0.2) is 12.1 Å². The molecule has 20 heavy (non-hydrogen) atoms. The molecular formula is C15H20F2N2O. The van der Waals surface area contributed by atoms with Crippen LogP contribution < -0.4 is 5.73 Å². The molecular weight excluding hydrogens is 262 g/mol. The molecule has 1 saturated heterocycles. The molecule has 1 heterocycles. The summed E-state index contributed by atoms with van der Waals surface area (Å²) in [4.78, 5) is 13.9. The number of aryl methyl sites for hydroxylation is 1. The van der Waals surface area contributed by atoms with Gasteiger partial charge in [0.25, 0.3) is 5.91 Å². The van der Waals surface area contributed by atoms with Crippen LogP contribution in [0.1, 0.15) is 35.2 Å². The Hall–Kier alpha value is -1.49. The fourth-order valence-corrected chi connectivity index (χ4v) is 2.65. The minimum absolute atomic E-state index is 0.0406. The van der Waals surface area contributed by atoms with Gasteiger partial charge in [-0.1, -0.05) is 0 Å². The molecule has 2 N–H and O–H groups in total. The summed E-state index contributed by atoms with van der Waals surface area (Å²) in [5.74, 6) is -1.22. The summed E-state index contributed by atoms with van der Waals surface area (Å²) in [7, 11) is 0. The highest BCUT2D eigenvalue weighted by Gasteiger charge is 2.25. The number of halogens is 2. The van der Waals surface area contributed by atoms with Crippen molar-refractivity contribution in [2.75, 3.05) is 19.6 Å². The first kappa shape index (κ1) is 14.9. The molecule has 0 bridgehead atoms. The first-order valence-corrected chi connectivity index (χ1v) is 6.98. The third kappa shape index (κ3) is 3.15. The number of carbonyl (C=O) groups is 1. The number of hydrogen-bond donors (Lipinski definition) is 1. The number of benzene rings is 1. The van der Waals surface area contributed by atoms with Crippen LogP contribution in [-0.4, -0.2) is 30.4 Å². The molecule has 3 nitrogen and oxygen atoms in total. The normalized spacial score (nSPS) is 16.5. The van der Waals surface area contributed by atoms with E-state index < -0.39 is 11.6 Å². The molecule has 1 aromatic rings. The van der Waals surface area contributed by atoms with Gasteiger partial charge in [0, 0.05) is 19.2 Å². The molecule has 0 atom stereocenters. The molecule has 1 aliphatic rings. The van der Waals surface area contributed by atoms with Gasteiger partial charge < -0.3 is 10.6 Å². The lowest BCUT2D eigenvalue weighted by molar-refractivity contribution is 0.0683. The average Bonchev–Trinajstić information content (AvgIpc) is 2.43. The quantitative estimate of drug-likeness (QED) is 0.925. The number of carbonyl (C=O) groups excluding carboxylic acids is 1. The van der Waals surface area contributed by atoms with Crippen molar-refractivity contribution in [2.24, 2.45) is 11.7 Å². The van der Waals surface area contributed by atoms with Crippen LogP contribution in [0, 0.1) is 24.5 Å². The largest absolute Gasteiger partial charge is 0.339 e. The van der Waals surface area contributed by atoms with Crippen LogP contribution in [0.5, 0.6) is 0 Å². The van der Waals surface area contributed by atoms with Gasteiger partial charge in [0.15, 0.2) is 0 Å². The molecule has 2 rings (SSSR count). The van der Waals surface area contributed by atoms with Crippen molar-refractivity contribution in [3.63, 3.8) is 0 Å². The number of rotatable bonds is 3. The zero-order valence-corrected chi connectivity index (χ0v) is 11.7. The van der Waals surface area contributed by atoms with Gasteiger partial charge in [-0.15, -0.1) is 0 Å². The van der Waals surface area contributed by atoms with Crippen molar-refractivity contribution >= 4 is 5.91 Å². The summed E-state index contributed by atoms with van der Waals surface area (Å²) >= 11 is 0. The van der Waals surface area contributed by atoms with Crippen LogP contribution in [0.25, 0.3) is 0 Å². The van der Waals surface area contributed by atoms with Gasteiger partial charge >= 0.3 is 0 Å². The molecule has 1 aromatic carbocycles. The topological polar surface area (TPSA) is 46.3 Å². The average molecular weight is 282 g/mol. The van der Waals surface area contributed by atoms with E-state index in [1.807, 2.05) is 0 Å². The first-order chi connectivity index (χ1) is 9.52. The Morgan fingerprint density at radius 1 is 1.30 bits per heavy atom. The van der Waals surface area contributed by atoms with E-state index in [4.69, 9.17) is 5.73 Å². The second-order valence-electron chi connectivity index (χ2n) is 5.39. The number of nitrogens with two attached hydrogens (primary N) is 1. The molecule has 5 heteroatoms. The SMILES string of the molecule is Cc1cc(C(=O)N2CCC(CCN)CC2)c(F)cc1F. The highest BCUT2D eigenvalue weighted by Crippen LogP contribution is 2.23. The maximum atomic E-state index is 13.7. The minimum Gasteiger partial charge on any atom is -0.339 e. The summed E-state index contributed by atoms with van der Waals surface area (Å²) in [6.07, 6.45) is 2.75. The van der Waals surface area contributed by atoms with E-state index in [1.165, 1.54) is 13.0 Å². The molecule has 0 spiro atoms. The molecule has 0 unspecified atom stereocenters. The Morgan fingerprint density at radius 3 is 2.55 bits per heavy atom. The third-order valence-corrected chi connectivity index (χ3v) is 3.96. The molecule has 0 saturated carbocycles. The summed E-state index contributed by atoms with van der Waals surface area (Å²) in [5, 5.41) is 0. The van der Waals surface area contributed by atoms with Crippen molar-refractivity contribution in [3.8, 4) is 0 Å². The summed E-state index contributed by atoms with van der Waals surface area (Å²) in [6.45, 7) is 3.40. The van der Waals surface area contributed by atoms with E-state index in [0.29, 0.717) is 25.6 Å². The molecule has 0 aromatic heterocycles. The molecule has 1 fully saturated rings. The Bertz CT molecular complexity index is 497. The van der Waals surface area contributed by atoms with E-state index in [0.717, 1.165) is 25.3 Å². The van der Waals surface area contributed by atoms with Gasteiger partial charge in [-0.2, -0.15) is 0 Å². The predicted molar refractivity (Wildman–Crippen MR) is 73.4 cm³/mol. The zero-order valence-electron chi connectivity index (χ0n) is 11.7. The van der Waals surface area contributed by atoms with Crippen LogP contribution in [0.4, 0.5) is 8.78 Å². The van der Waals surface area contributed by atoms with Crippen molar-refractivity contribution in [1.29, 1.82) is 0 Å². The van der Waals surface area contributed by atoms with Crippen molar-refractivity contribution in [2.45, 2.75) is 26.2 Å². The Balaban J connectivity index is 2.07. The van der Waals surface area contributed by atoms with Gasteiger partial charge in [-0.3, -0.25) is 4.79 Å². The van der Waals surface area contributed by atoms with E-state index >= 15 is 0 Å². The molecule has 1 amide bonds. The molecule has 0 aliphatic carbocycles. The van der Waals surface area contributed by atoms with E-state index in [-0.39, 0.29) is 17.0 Å². The fourth-order valence-electron chi connectivity index (χ4n) is 2.65. The predicted octanol–water partition coefficient (Wildman–Crippen LogP) is 2.47. The Kier molecular flexibility index (Phi) is 4.70. The highest BCUT2D eigenvalue weighted by atomic mass is 19.1. The molecule has 110 valence electrons. The zero-order chi connectivity index (χ0) is 14.7. The lowest BCUT2D eigenvalue weighted by atomic mass is 9.93. The van der Waals surface area contributed by atoms with E-state index in [2.05, 4.69) is 0 Å². The monoisotopic (exact) mass is 282 g/mol. The van der Waals surface area contributed by atoms with Crippen LogP contribution in [0.3, 0.4) is 0 Å². The van der Waals surface area contributed by atoms with Crippen LogP contribution in [0.2, 0.25) is 0 Å². The maximum Gasteiger partial charge on any atom is 0.256 e. The Labute approximate surface area is 117 Å². The second-order valence-corrected chi connectivity index (χ2v) is 5.39. The van der Waals surface area contributed by atoms with E-state index in [1.54, 1.807) is 4.90 Å². The summed E-state index contributed by atoms with van der Waals surface area (Å²) in [5.41, 5.74) is 5.77. The number of nitrogens with zero attached hydrogens (tertiary/aromatic N) is 1. The summed E-state index contributed by atoms with van der Waals surface area (Å²) in [6, 6.07) is 2.07. The van der Waals surface area contributed by atoms with Gasteiger partial charge in [0.05, 0.1) is 5.56 Å². The van der Waals surface area contributed by atoms with Gasteiger partial charge in [0.1, 0.15) is 11.6 Å². The number of hydrogen-bond acceptors (Lipinski definition) is 2. The van der Waals surface area contributed by atoms with Crippen molar-refractivity contribution < 1.29 is 13.6 Å². The third-order valence-electron chi connectivity index (χ3n) is 3.96. The highest BCUT2D eigenvalue weighted by molar-refractivity contribution is 5.94. The standard InChI is InChI=1S/C15H20F2N2O/c1-10-8-12(14(17)9-13(10)16)15(20)19-6-3-11(2-5-18)4-7-19/h8-9,11H,2-7,18H2,1H3. The lowest BCUT2D eigenvalue weighted by Gasteiger charge is -2.32. The van der Waals surface area contributed by atoms with Gasteiger partial charge in [-0.05, 0) is 50.3 Å². The van der Waals surface area contributed by atoms with E-state index in [9.17, 15) is 13.6 Å². The molecule has 0 radical (unpaired) electrons. The number of amides is 1.